The van der Waals surface area contributed by atoms with Crippen LogP contribution in [0.1, 0.15) is 33.6 Å². The smallest absolute Gasteiger partial charge is 0.339 e. The summed E-state index contributed by atoms with van der Waals surface area (Å²) in [5.74, 6) is -0.393. The number of carbonyl (C=O) groups is 2. The number of ether oxygens (including phenoxy) is 1. The molecule has 0 aliphatic carbocycles. The molecule has 0 atom stereocenters. The molecule has 1 aliphatic rings. The van der Waals surface area contributed by atoms with Gasteiger partial charge in [0, 0.05) is 18.7 Å². The van der Waals surface area contributed by atoms with Crippen LogP contribution in [0.25, 0.3) is 0 Å². The van der Waals surface area contributed by atoms with E-state index in [1.165, 1.54) is 7.11 Å². The lowest BCUT2D eigenvalue weighted by atomic mass is 10.1. The molecule has 1 heterocycles. The minimum atomic E-state index is -0.393. The highest BCUT2D eigenvalue weighted by atomic mass is 16.5. The molecule has 0 bridgehead atoms. The molecule has 0 unspecified atom stereocenters. The first kappa shape index (κ1) is 11.6. The maximum absolute atomic E-state index is 11.7. The average molecular weight is 233 g/mol. The van der Waals surface area contributed by atoms with Crippen LogP contribution in [0.15, 0.2) is 18.2 Å². The minimum absolute atomic E-state index is 0.393. The first-order valence-corrected chi connectivity index (χ1v) is 5.68. The van der Waals surface area contributed by atoms with Crippen molar-refractivity contribution in [3.8, 4) is 0 Å². The molecule has 0 aromatic heterocycles. The van der Waals surface area contributed by atoms with Crippen LogP contribution in [0.5, 0.6) is 0 Å². The van der Waals surface area contributed by atoms with E-state index >= 15 is 0 Å². The van der Waals surface area contributed by atoms with Crippen molar-refractivity contribution in [3.05, 3.63) is 29.3 Å². The molecule has 1 aromatic carbocycles. The van der Waals surface area contributed by atoms with Crippen LogP contribution in [0.3, 0.4) is 0 Å². The molecule has 1 fully saturated rings. The zero-order valence-corrected chi connectivity index (χ0v) is 9.81. The second-order valence-corrected chi connectivity index (χ2v) is 4.08. The van der Waals surface area contributed by atoms with Gasteiger partial charge in [0.1, 0.15) is 6.29 Å². The molecule has 4 heteroatoms. The summed E-state index contributed by atoms with van der Waals surface area (Å²) in [5.41, 5.74) is 1.83. The Hall–Kier alpha value is -1.84. The molecule has 4 nitrogen and oxygen atoms in total. The highest BCUT2D eigenvalue weighted by Gasteiger charge is 2.20. The zero-order valence-electron chi connectivity index (χ0n) is 9.81. The Morgan fingerprint density at radius 2 is 2.06 bits per heavy atom. The Morgan fingerprint density at radius 1 is 1.35 bits per heavy atom. The van der Waals surface area contributed by atoms with Gasteiger partial charge in [0.2, 0.25) is 0 Å². The van der Waals surface area contributed by atoms with Gasteiger partial charge in [-0.1, -0.05) is 0 Å². The largest absolute Gasteiger partial charge is 0.465 e. The maximum atomic E-state index is 11.7. The molecule has 1 aromatic rings. The molecule has 2 rings (SSSR count). The van der Waals surface area contributed by atoms with Crippen molar-refractivity contribution in [1.29, 1.82) is 0 Å². The SMILES string of the molecule is COC(=O)c1cc(C=O)ccc1N1CCCC1. The Bertz CT molecular complexity index is 436. The van der Waals surface area contributed by atoms with Crippen LogP contribution in [0.4, 0.5) is 5.69 Å². The molecule has 0 radical (unpaired) electrons. The number of hydrogen-bond donors (Lipinski definition) is 0. The number of benzene rings is 1. The van der Waals surface area contributed by atoms with E-state index in [2.05, 4.69) is 4.90 Å². The zero-order chi connectivity index (χ0) is 12.3. The lowest BCUT2D eigenvalue weighted by Gasteiger charge is -2.20. The van der Waals surface area contributed by atoms with Crippen LogP contribution in [0.2, 0.25) is 0 Å². The van der Waals surface area contributed by atoms with Gasteiger partial charge in [-0.2, -0.15) is 0 Å². The lowest BCUT2D eigenvalue weighted by Crippen LogP contribution is -2.21. The third-order valence-corrected chi connectivity index (χ3v) is 3.01. The lowest BCUT2D eigenvalue weighted by molar-refractivity contribution is 0.0601. The number of aldehydes is 1. The summed E-state index contributed by atoms with van der Waals surface area (Å²) in [6, 6.07) is 5.14. The predicted molar refractivity (Wildman–Crippen MR) is 64.6 cm³/mol. The van der Waals surface area contributed by atoms with Gasteiger partial charge in [0.15, 0.2) is 0 Å². The van der Waals surface area contributed by atoms with Gasteiger partial charge in [-0.3, -0.25) is 4.79 Å². The van der Waals surface area contributed by atoms with Crippen LogP contribution in [0, 0.1) is 0 Å². The fraction of sp³-hybridized carbons (Fsp3) is 0.385. The molecule has 1 aliphatic heterocycles. The van der Waals surface area contributed by atoms with Crippen LogP contribution < -0.4 is 4.90 Å². The molecular weight excluding hydrogens is 218 g/mol. The normalized spacial score (nSPS) is 14.8. The van der Waals surface area contributed by atoms with E-state index in [0.717, 1.165) is 37.9 Å². The fourth-order valence-corrected chi connectivity index (χ4v) is 2.13. The summed E-state index contributed by atoms with van der Waals surface area (Å²) >= 11 is 0. The Balaban J connectivity index is 2.42. The van der Waals surface area contributed by atoms with Crippen LogP contribution in [-0.4, -0.2) is 32.5 Å². The summed E-state index contributed by atoms with van der Waals surface area (Å²) in [6.45, 7) is 1.90. The molecule has 0 saturated carbocycles. The van der Waals surface area contributed by atoms with E-state index in [9.17, 15) is 9.59 Å². The summed E-state index contributed by atoms with van der Waals surface area (Å²) in [5, 5.41) is 0. The summed E-state index contributed by atoms with van der Waals surface area (Å²) in [7, 11) is 1.35. The molecule has 0 N–H and O–H groups in total. The number of esters is 1. The van der Waals surface area contributed by atoms with Crippen LogP contribution in [-0.2, 0) is 4.74 Å². The summed E-state index contributed by atoms with van der Waals surface area (Å²) < 4.78 is 4.75. The van der Waals surface area contributed by atoms with Crippen molar-refractivity contribution in [2.45, 2.75) is 12.8 Å². The first-order valence-electron chi connectivity index (χ1n) is 5.68. The number of methoxy groups -OCH3 is 1. The summed E-state index contributed by atoms with van der Waals surface area (Å²) in [4.78, 5) is 24.6. The van der Waals surface area contributed by atoms with Gasteiger partial charge in [-0.05, 0) is 31.0 Å². The van der Waals surface area contributed by atoms with E-state index in [4.69, 9.17) is 4.74 Å². The van der Waals surface area contributed by atoms with Gasteiger partial charge in [-0.15, -0.1) is 0 Å². The number of nitrogens with zero attached hydrogens (tertiary/aromatic N) is 1. The highest BCUT2D eigenvalue weighted by Crippen LogP contribution is 2.26. The van der Waals surface area contributed by atoms with Gasteiger partial charge in [0.25, 0.3) is 0 Å². The van der Waals surface area contributed by atoms with Crippen molar-refractivity contribution in [1.82, 2.24) is 0 Å². The predicted octanol–water partition coefficient (Wildman–Crippen LogP) is 1.89. The molecule has 90 valence electrons. The molecule has 0 spiro atoms. The average Bonchev–Trinajstić information content (AvgIpc) is 2.90. The van der Waals surface area contributed by atoms with Crippen molar-refractivity contribution in [2.75, 3.05) is 25.1 Å². The minimum Gasteiger partial charge on any atom is -0.465 e. The van der Waals surface area contributed by atoms with E-state index < -0.39 is 5.97 Å². The molecule has 17 heavy (non-hydrogen) atoms. The Kier molecular flexibility index (Phi) is 3.42. The fourth-order valence-electron chi connectivity index (χ4n) is 2.13. The van der Waals surface area contributed by atoms with E-state index in [1.54, 1.807) is 12.1 Å². The van der Waals surface area contributed by atoms with Crippen LogP contribution >= 0.6 is 0 Å². The number of carbonyl (C=O) groups excluding carboxylic acids is 2. The van der Waals surface area contributed by atoms with Crippen molar-refractivity contribution in [3.63, 3.8) is 0 Å². The maximum Gasteiger partial charge on any atom is 0.339 e. The topological polar surface area (TPSA) is 46.6 Å². The molecule has 0 amide bonds. The molecular formula is C13H15NO3. The van der Waals surface area contributed by atoms with E-state index in [0.29, 0.717) is 11.1 Å². The standard InChI is InChI=1S/C13H15NO3/c1-17-13(16)11-8-10(9-15)4-5-12(11)14-6-2-3-7-14/h4-5,8-9H,2-3,6-7H2,1H3. The molecule has 1 saturated heterocycles. The highest BCUT2D eigenvalue weighted by molar-refractivity contribution is 5.97. The number of hydrogen-bond acceptors (Lipinski definition) is 4. The second kappa shape index (κ2) is 4.99. The van der Waals surface area contributed by atoms with Crippen molar-refractivity contribution in [2.24, 2.45) is 0 Å². The van der Waals surface area contributed by atoms with E-state index in [1.807, 2.05) is 6.07 Å². The first-order chi connectivity index (χ1) is 8.26. The Morgan fingerprint density at radius 3 is 2.65 bits per heavy atom. The monoisotopic (exact) mass is 233 g/mol. The van der Waals surface area contributed by atoms with Crippen molar-refractivity contribution < 1.29 is 14.3 Å². The van der Waals surface area contributed by atoms with Gasteiger partial charge < -0.3 is 9.64 Å². The third kappa shape index (κ3) is 2.30. The number of rotatable bonds is 3. The van der Waals surface area contributed by atoms with Gasteiger partial charge >= 0.3 is 5.97 Å². The van der Waals surface area contributed by atoms with Crippen molar-refractivity contribution >= 4 is 17.9 Å². The Labute approximate surface area is 100 Å². The quantitative estimate of drug-likeness (QED) is 0.590. The van der Waals surface area contributed by atoms with Gasteiger partial charge in [0.05, 0.1) is 18.4 Å². The second-order valence-electron chi connectivity index (χ2n) is 4.08. The third-order valence-electron chi connectivity index (χ3n) is 3.01. The van der Waals surface area contributed by atoms with E-state index in [-0.39, 0.29) is 0 Å². The van der Waals surface area contributed by atoms with Gasteiger partial charge in [-0.25, -0.2) is 4.79 Å². The summed E-state index contributed by atoms with van der Waals surface area (Å²) in [6.07, 6.45) is 3.01. The number of anilines is 1.